The molecule has 1 heterocycles. The fraction of sp³-hybridized carbons (Fsp3) is 0.500. The molecule has 22 heavy (non-hydrogen) atoms. The number of amides is 1. The fourth-order valence-electron chi connectivity index (χ4n) is 2.30. The number of nitrogens with one attached hydrogen (secondary N) is 2. The van der Waals surface area contributed by atoms with Crippen LogP contribution in [0.3, 0.4) is 0 Å². The lowest BCUT2D eigenvalue weighted by molar-refractivity contribution is -0.908. The van der Waals surface area contributed by atoms with E-state index in [0.717, 1.165) is 39.3 Å². The highest BCUT2D eigenvalue weighted by Crippen LogP contribution is 2.10. The number of hydrogen-bond donors (Lipinski definition) is 2. The van der Waals surface area contributed by atoms with Gasteiger partial charge in [-0.15, -0.1) is 0 Å². The van der Waals surface area contributed by atoms with E-state index in [0.29, 0.717) is 17.9 Å². The second kappa shape index (κ2) is 9.03. The van der Waals surface area contributed by atoms with Gasteiger partial charge in [0.1, 0.15) is 18.8 Å². The van der Waals surface area contributed by atoms with Crippen LogP contribution in [-0.2, 0) is 9.53 Å². The zero-order valence-corrected chi connectivity index (χ0v) is 12.6. The van der Waals surface area contributed by atoms with Crippen LogP contribution in [0.2, 0.25) is 0 Å². The molecule has 0 spiro atoms. The number of hydrogen-bond acceptors (Lipinski definition) is 4. The van der Waals surface area contributed by atoms with Crippen molar-refractivity contribution in [2.24, 2.45) is 0 Å². The first-order valence-electron chi connectivity index (χ1n) is 7.59. The Kier molecular flexibility index (Phi) is 6.68. The topological polar surface area (TPSA) is 75.8 Å². The Morgan fingerprint density at radius 2 is 2.05 bits per heavy atom. The molecule has 118 valence electrons. The molecule has 2 N–H and O–H groups in total. The van der Waals surface area contributed by atoms with E-state index in [1.165, 1.54) is 4.90 Å². The summed E-state index contributed by atoms with van der Waals surface area (Å²) in [6, 6.07) is 8.74. The van der Waals surface area contributed by atoms with E-state index < -0.39 is 0 Å². The van der Waals surface area contributed by atoms with Crippen molar-refractivity contribution >= 4 is 5.91 Å². The van der Waals surface area contributed by atoms with Gasteiger partial charge in [0.25, 0.3) is 5.91 Å². The Hall–Kier alpha value is -2.10. The molecule has 0 aromatic heterocycles. The molecule has 1 aromatic rings. The maximum absolute atomic E-state index is 11.7. The molecule has 0 bridgehead atoms. The molecule has 6 nitrogen and oxygen atoms in total. The molecular weight excluding hydrogens is 282 g/mol. The van der Waals surface area contributed by atoms with Crippen LogP contribution in [0.15, 0.2) is 24.3 Å². The number of carbonyl (C=O) groups excluding carboxylic acids is 1. The Bertz CT molecular complexity index is 504. The highest BCUT2D eigenvalue weighted by Gasteiger charge is 2.12. The molecule has 1 fully saturated rings. The van der Waals surface area contributed by atoms with Crippen LogP contribution in [0.4, 0.5) is 0 Å². The Labute approximate surface area is 130 Å². The van der Waals surface area contributed by atoms with Gasteiger partial charge in [0.05, 0.1) is 31.4 Å². The first-order valence-corrected chi connectivity index (χ1v) is 7.59. The summed E-state index contributed by atoms with van der Waals surface area (Å²) in [4.78, 5) is 13.2. The van der Waals surface area contributed by atoms with Gasteiger partial charge in [-0.3, -0.25) is 4.79 Å². The molecule has 2 rings (SSSR count). The summed E-state index contributed by atoms with van der Waals surface area (Å²) in [5.41, 5.74) is 0.572. The molecule has 1 aliphatic heterocycles. The van der Waals surface area contributed by atoms with Crippen molar-refractivity contribution in [2.75, 3.05) is 46.0 Å². The predicted molar refractivity (Wildman–Crippen MR) is 80.7 cm³/mol. The van der Waals surface area contributed by atoms with Crippen molar-refractivity contribution in [3.63, 3.8) is 0 Å². The van der Waals surface area contributed by atoms with Crippen LogP contribution in [0.5, 0.6) is 5.75 Å². The van der Waals surface area contributed by atoms with Gasteiger partial charge in [-0.2, -0.15) is 5.26 Å². The van der Waals surface area contributed by atoms with Gasteiger partial charge >= 0.3 is 0 Å². The van der Waals surface area contributed by atoms with Crippen LogP contribution in [-0.4, -0.2) is 51.9 Å². The van der Waals surface area contributed by atoms with E-state index in [9.17, 15) is 4.79 Å². The Morgan fingerprint density at radius 3 is 2.73 bits per heavy atom. The standard InChI is InChI=1S/C16H21N3O3/c17-12-14-2-4-15(5-3-14)22-13-16(20)18-6-1-7-19-8-10-21-11-9-19/h2-5H,1,6-11,13H2,(H,18,20)/p+1. The quantitative estimate of drug-likeness (QED) is 0.657. The highest BCUT2D eigenvalue weighted by molar-refractivity contribution is 5.77. The minimum Gasteiger partial charge on any atom is -0.484 e. The van der Waals surface area contributed by atoms with Crippen molar-refractivity contribution in [1.29, 1.82) is 5.26 Å². The maximum Gasteiger partial charge on any atom is 0.257 e. The maximum atomic E-state index is 11.7. The lowest BCUT2D eigenvalue weighted by Gasteiger charge is -2.23. The van der Waals surface area contributed by atoms with Crippen LogP contribution < -0.4 is 15.0 Å². The van der Waals surface area contributed by atoms with Gasteiger partial charge in [-0.05, 0) is 24.3 Å². The lowest BCUT2D eigenvalue weighted by atomic mass is 10.2. The van der Waals surface area contributed by atoms with Gasteiger partial charge in [-0.25, -0.2) is 0 Å². The second-order valence-electron chi connectivity index (χ2n) is 5.24. The first-order chi connectivity index (χ1) is 10.8. The van der Waals surface area contributed by atoms with E-state index in [-0.39, 0.29) is 12.5 Å². The SMILES string of the molecule is N#Cc1ccc(OCC(=O)NCCC[NH+]2CCOCC2)cc1. The summed E-state index contributed by atoms with van der Waals surface area (Å²) < 4.78 is 10.7. The molecule has 6 heteroatoms. The van der Waals surface area contributed by atoms with Crippen molar-refractivity contribution < 1.29 is 19.2 Å². The molecule has 1 amide bonds. The summed E-state index contributed by atoms with van der Waals surface area (Å²) >= 11 is 0. The first kappa shape index (κ1) is 16.3. The van der Waals surface area contributed by atoms with E-state index in [2.05, 4.69) is 5.32 Å². The number of nitriles is 1. The zero-order chi connectivity index (χ0) is 15.6. The van der Waals surface area contributed by atoms with Crippen LogP contribution in [0.1, 0.15) is 12.0 Å². The van der Waals surface area contributed by atoms with Gasteiger partial charge in [0.15, 0.2) is 6.61 Å². The van der Waals surface area contributed by atoms with Crippen molar-refractivity contribution in [1.82, 2.24) is 5.32 Å². The molecule has 1 aliphatic rings. The molecule has 0 saturated carbocycles. The third-order valence-electron chi connectivity index (χ3n) is 3.58. The second-order valence-corrected chi connectivity index (χ2v) is 5.24. The number of ether oxygens (including phenoxy) is 2. The average Bonchev–Trinajstić information content (AvgIpc) is 2.58. The van der Waals surface area contributed by atoms with E-state index in [1.54, 1.807) is 24.3 Å². The molecule has 1 saturated heterocycles. The van der Waals surface area contributed by atoms with Gasteiger partial charge in [-0.1, -0.05) is 0 Å². The minimum atomic E-state index is -0.124. The third kappa shape index (κ3) is 5.72. The van der Waals surface area contributed by atoms with Gasteiger partial charge in [0.2, 0.25) is 0 Å². The summed E-state index contributed by atoms with van der Waals surface area (Å²) in [6.45, 7) is 5.49. The monoisotopic (exact) mass is 304 g/mol. The number of carbonyl (C=O) groups is 1. The van der Waals surface area contributed by atoms with Crippen LogP contribution in [0, 0.1) is 11.3 Å². The third-order valence-corrected chi connectivity index (χ3v) is 3.58. The average molecular weight is 304 g/mol. The number of benzene rings is 1. The number of quaternary nitrogens is 1. The van der Waals surface area contributed by atoms with E-state index in [4.69, 9.17) is 14.7 Å². The molecule has 0 radical (unpaired) electrons. The fourth-order valence-corrected chi connectivity index (χ4v) is 2.30. The highest BCUT2D eigenvalue weighted by atomic mass is 16.5. The zero-order valence-electron chi connectivity index (χ0n) is 12.6. The number of morpholine rings is 1. The smallest absolute Gasteiger partial charge is 0.257 e. The lowest BCUT2D eigenvalue weighted by Crippen LogP contribution is -3.14. The van der Waals surface area contributed by atoms with Crippen molar-refractivity contribution in [2.45, 2.75) is 6.42 Å². The minimum absolute atomic E-state index is 0.00366. The van der Waals surface area contributed by atoms with E-state index >= 15 is 0 Å². The number of nitrogens with zero attached hydrogens (tertiary/aromatic N) is 1. The molecule has 0 atom stereocenters. The molecule has 1 aromatic carbocycles. The predicted octanol–water partition coefficient (Wildman–Crippen LogP) is -0.642. The summed E-state index contributed by atoms with van der Waals surface area (Å²) in [7, 11) is 0. The molecule has 0 aliphatic carbocycles. The largest absolute Gasteiger partial charge is 0.484 e. The Balaban J connectivity index is 1.56. The summed E-state index contributed by atoms with van der Waals surface area (Å²) in [5, 5.41) is 11.6. The van der Waals surface area contributed by atoms with Crippen LogP contribution >= 0.6 is 0 Å². The van der Waals surface area contributed by atoms with Crippen molar-refractivity contribution in [3.05, 3.63) is 29.8 Å². The van der Waals surface area contributed by atoms with Crippen LogP contribution in [0.25, 0.3) is 0 Å². The van der Waals surface area contributed by atoms with Gasteiger partial charge in [0, 0.05) is 13.0 Å². The Morgan fingerprint density at radius 1 is 1.32 bits per heavy atom. The normalized spacial score (nSPS) is 15.0. The molecular formula is C16H22N3O3+. The van der Waals surface area contributed by atoms with Gasteiger partial charge < -0.3 is 19.7 Å². The van der Waals surface area contributed by atoms with E-state index in [1.807, 2.05) is 6.07 Å². The summed E-state index contributed by atoms with van der Waals surface area (Å²) in [5.74, 6) is 0.466. The molecule has 0 unspecified atom stereocenters. The van der Waals surface area contributed by atoms with Crippen molar-refractivity contribution in [3.8, 4) is 11.8 Å². The summed E-state index contributed by atoms with van der Waals surface area (Å²) in [6.07, 6.45) is 0.956. The number of rotatable bonds is 7.